The molecule has 0 N–H and O–H groups in total. The highest BCUT2D eigenvalue weighted by Gasteiger charge is 2.40. The van der Waals surface area contributed by atoms with Gasteiger partial charge in [-0.25, -0.2) is 8.42 Å². The van der Waals surface area contributed by atoms with Gasteiger partial charge in [-0.2, -0.15) is 43.4 Å². The third-order valence-corrected chi connectivity index (χ3v) is 5.64. The number of rotatable bonds is 7. The summed E-state index contributed by atoms with van der Waals surface area (Å²) in [5.41, 5.74) is 0. The quantitative estimate of drug-likeness (QED) is 0.656. The lowest BCUT2D eigenvalue weighted by Crippen LogP contribution is -2.30. The van der Waals surface area contributed by atoms with E-state index in [4.69, 9.17) is 5.26 Å². The van der Waals surface area contributed by atoms with Crippen LogP contribution in [0.4, 0.5) is 26.3 Å². The number of alkyl halides is 6. The maximum absolute atomic E-state index is 12.5. The lowest BCUT2D eigenvalue weighted by atomic mass is 10.2. The summed E-state index contributed by atoms with van der Waals surface area (Å²) in [7, 11) is -4.41. The third-order valence-electron chi connectivity index (χ3n) is 2.59. The van der Waals surface area contributed by atoms with Crippen LogP contribution in [0.3, 0.4) is 0 Å². The molecule has 0 aromatic rings. The van der Waals surface area contributed by atoms with Gasteiger partial charge in [0.15, 0.2) is 9.84 Å². The summed E-state index contributed by atoms with van der Waals surface area (Å²) >= 11 is 0.448. The summed E-state index contributed by atoms with van der Waals surface area (Å²) in [5.74, 6) is -1.30. The Morgan fingerprint density at radius 3 is 2.00 bits per heavy atom. The first-order valence-electron chi connectivity index (χ1n) is 5.61. The second-order valence-corrected chi connectivity index (χ2v) is 7.54. The number of hydrogen-bond donors (Lipinski definition) is 0. The van der Waals surface area contributed by atoms with Gasteiger partial charge < -0.3 is 0 Å². The first-order valence-corrected chi connectivity index (χ1v) is 8.61. The van der Waals surface area contributed by atoms with Gasteiger partial charge in [0.1, 0.15) is 10.5 Å². The fourth-order valence-corrected chi connectivity index (χ4v) is 3.54. The van der Waals surface area contributed by atoms with E-state index in [2.05, 4.69) is 0 Å². The zero-order valence-corrected chi connectivity index (χ0v) is 12.5. The van der Waals surface area contributed by atoms with Crippen LogP contribution in [0.25, 0.3) is 0 Å². The fourth-order valence-electron chi connectivity index (χ4n) is 1.44. The van der Waals surface area contributed by atoms with E-state index in [1.807, 2.05) is 0 Å². The topological polar surface area (TPSA) is 57.9 Å². The molecule has 0 bridgehead atoms. The molecule has 124 valence electrons. The largest absolute Gasteiger partial charge is 0.400 e. The zero-order valence-electron chi connectivity index (χ0n) is 10.8. The van der Waals surface area contributed by atoms with Gasteiger partial charge in [-0.1, -0.05) is 0 Å². The number of sulfone groups is 1. The molecule has 0 amide bonds. The third kappa shape index (κ3) is 7.80. The van der Waals surface area contributed by atoms with Crippen LogP contribution >= 0.6 is 11.8 Å². The molecular formula is C10H13F6NO2S2. The maximum atomic E-state index is 12.5. The summed E-state index contributed by atoms with van der Waals surface area (Å²) in [6, 6.07) is 1.28. The molecule has 0 spiro atoms. The van der Waals surface area contributed by atoms with Crippen molar-refractivity contribution in [2.24, 2.45) is 0 Å². The zero-order chi connectivity index (χ0) is 16.9. The van der Waals surface area contributed by atoms with Crippen molar-refractivity contribution in [2.75, 3.05) is 12.0 Å². The average molecular weight is 357 g/mol. The van der Waals surface area contributed by atoms with Crippen molar-refractivity contribution >= 4 is 21.6 Å². The minimum absolute atomic E-state index is 0.448. The van der Waals surface area contributed by atoms with Gasteiger partial charge in [-0.15, -0.1) is 0 Å². The van der Waals surface area contributed by atoms with Crippen LogP contribution in [0.15, 0.2) is 0 Å². The van der Waals surface area contributed by atoms with E-state index in [1.54, 1.807) is 0 Å². The van der Waals surface area contributed by atoms with Crippen LogP contribution in [0.5, 0.6) is 0 Å². The van der Waals surface area contributed by atoms with E-state index in [9.17, 15) is 34.8 Å². The molecule has 0 heterocycles. The van der Waals surface area contributed by atoms with Crippen molar-refractivity contribution in [3.05, 3.63) is 0 Å². The van der Waals surface area contributed by atoms with Crippen LogP contribution in [0.1, 0.15) is 19.3 Å². The van der Waals surface area contributed by atoms with E-state index in [0.29, 0.717) is 11.8 Å². The predicted octanol–water partition coefficient (Wildman–Crippen LogP) is 3.32. The molecule has 0 radical (unpaired) electrons. The van der Waals surface area contributed by atoms with Crippen LogP contribution in [-0.2, 0) is 9.84 Å². The van der Waals surface area contributed by atoms with Crippen LogP contribution < -0.4 is 0 Å². The summed E-state index contributed by atoms with van der Waals surface area (Å²) in [6.07, 6.45) is -11.0. The molecule has 0 aliphatic rings. The van der Waals surface area contributed by atoms with Crippen LogP contribution in [0, 0.1) is 11.3 Å². The molecule has 11 heteroatoms. The smallest absolute Gasteiger partial charge is 0.227 e. The lowest BCUT2D eigenvalue weighted by molar-refractivity contribution is -0.130. The van der Waals surface area contributed by atoms with Gasteiger partial charge in [0.2, 0.25) is 0 Å². The molecule has 0 aromatic heterocycles. The predicted molar refractivity (Wildman–Crippen MR) is 66.5 cm³/mol. The summed E-state index contributed by atoms with van der Waals surface area (Å²) in [5, 5.41) is 4.96. The molecule has 0 aliphatic carbocycles. The van der Waals surface area contributed by atoms with Crippen molar-refractivity contribution in [1.29, 1.82) is 5.26 Å². The van der Waals surface area contributed by atoms with Gasteiger partial charge in [0.25, 0.3) is 0 Å². The second-order valence-electron chi connectivity index (χ2n) is 4.19. The molecular weight excluding hydrogens is 344 g/mol. The van der Waals surface area contributed by atoms with Crippen LogP contribution in [-0.4, -0.2) is 43.3 Å². The van der Waals surface area contributed by atoms with Gasteiger partial charge in [0, 0.05) is 0 Å². The maximum Gasteiger partial charge on any atom is 0.400 e. The monoisotopic (exact) mass is 357 g/mol. The Balaban J connectivity index is 4.76. The molecule has 0 saturated carbocycles. The molecule has 0 fully saturated rings. The Kier molecular flexibility index (Phi) is 7.35. The highest BCUT2D eigenvalue weighted by molar-refractivity contribution is 7.99. The summed E-state index contributed by atoms with van der Waals surface area (Å²) in [4.78, 5) is 0. The average Bonchev–Trinajstić information content (AvgIpc) is 2.29. The van der Waals surface area contributed by atoms with E-state index < -0.39 is 57.7 Å². The van der Waals surface area contributed by atoms with Crippen molar-refractivity contribution < 1.29 is 34.8 Å². The minimum Gasteiger partial charge on any atom is -0.227 e. The SMILES string of the molecule is CSC(CCC(C#N)S(=O)(=O)CCC(F)(F)F)C(F)(F)F. The highest BCUT2D eigenvalue weighted by Crippen LogP contribution is 2.33. The number of nitrogens with zero attached hydrogens (tertiary/aromatic N) is 1. The Morgan fingerprint density at radius 1 is 1.14 bits per heavy atom. The first kappa shape index (κ1) is 20.4. The molecule has 21 heavy (non-hydrogen) atoms. The van der Waals surface area contributed by atoms with Crippen molar-refractivity contribution in [3.63, 3.8) is 0 Å². The van der Waals surface area contributed by atoms with E-state index >= 15 is 0 Å². The van der Waals surface area contributed by atoms with Gasteiger partial charge in [0.05, 0.1) is 18.2 Å². The Hall–Kier alpha value is -0.630. The number of halogens is 6. The second kappa shape index (κ2) is 7.58. The molecule has 0 aliphatic heterocycles. The van der Waals surface area contributed by atoms with Gasteiger partial charge in [-0.3, -0.25) is 0 Å². The molecule has 0 saturated heterocycles. The van der Waals surface area contributed by atoms with Gasteiger partial charge >= 0.3 is 12.4 Å². The molecule has 2 atom stereocenters. The molecule has 2 unspecified atom stereocenters. The number of thioether (sulfide) groups is 1. The first-order chi connectivity index (χ1) is 9.33. The summed E-state index contributed by atoms with van der Waals surface area (Å²) < 4.78 is 96.5. The van der Waals surface area contributed by atoms with E-state index in [1.165, 1.54) is 12.3 Å². The normalized spacial score (nSPS) is 16.3. The van der Waals surface area contributed by atoms with Crippen molar-refractivity contribution in [1.82, 2.24) is 0 Å². The Bertz CT molecular complexity index is 465. The molecule has 0 aromatic carbocycles. The standard InChI is InChI=1S/C10H13F6NO2S2/c1-20-8(10(14,15)16)3-2-7(6-17)21(18,19)5-4-9(11,12)13/h7-8H,2-5H2,1H3. The van der Waals surface area contributed by atoms with E-state index in [0.717, 1.165) is 0 Å². The summed E-state index contributed by atoms with van der Waals surface area (Å²) in [6.45, 7) is 0. The highest BCUT2D eigenvalue weighted by atomic mass is 32.2. The fraction of sp³-hybridized carbons (Fsp3) is 0.900. The van der Waals surface area contributed by atoms with Crippen molar-refractivity contribution in [3.8, 4) is 6.07 Å². The number of nitriles is 1. The molecule has 0 rings (SSSR count). The Labute approximate surface area is 122 Å². The van der Waals surface area contributed by atoms with E-state index in [-0.39, 0.29) is 0 Å². The Morgan fingerprint density at radius 2 is 1.67 bits per heavy atom. The lowest BCUT2D eigenvalue weighted by Gasteiger charge is -2.19. The van der Waals surface area contributed by atoms with Crippen molar-refractivity contribution in [2.45, 2.75) is 42.1 Å². The van der Waals surface area contributed by atoms with Crippen LogP contribution in [0.2, 0.25) is 0 Å². The number of hydrogen-bond acceptors (Lipinski definition) is 4. The van der Waals surface area contributed by atoms with Gasteiger partial charge in [-0.05, 0) is 19.1 Å². The molecule has 3 nitrogen and oxygen atoms in total. The minimum atomic E-state index is -4.71.